The second-order valence-electron chi connectivity index (χ2n) is 4.19. The van der Waals surface area contributed by atoms with Crippen LogP contribution in [0.3, 0.4) is 0 Å². The highest BCUT2D eigenvalue weighted by Gasteiger charge is 2.28. The van der Waals surface area contributed by atoms with Crippen LogP contribution in [0.5, 0.6) is 0 Å². The molecule has 1 saturated carbocycles. The summed E-state index contributed by atoms with van der Waals surface area (Å²) in [6.45, 7) is 1.72. The van der Waals surface area contributed by atoms with Crippen molar-refractivity contribution in [2.75, 3.05) is 12.4 Å². The maximum Gasteiger partial charge on any atom is 0.347 e. The van der Waals surface area contributed by atoms with E-state index in [9.17, 15) is 4.79 Å². The van der Waals surface area contributed by atoms with Gasteiger partial charge in [0.05, 0.1) is 17.8 Å². The molecular formula is C11H16N2O3S. The Bertz CT molecular complexity index is 419. The van der Waals surface area contributed by atoms with Crippen LogP contribution in [0, 0.1) is 6.92 Å². The summed E-state index contributed by atoms with van der Waals surface area (Å²) < 4.78 is 5.38. The van der Waals surface area contributed by atoms with Crippen molar-refractivity contribution in [1.82, 2.24) is 4.98 Å². The Morgan fingerprint density at radius 3 is 2.94 bits per heavy atom. The zero-order valence-electron chi connectivity index (χ0n) is 9.90. The minimum atomic E-state index is -0.914. The van der Waals surface area contributed by atoms with E-state index < -0.39 is 5.97 Å². The van der Waals surface area contributed by atoms with E-state index in [2.05, 4.69) is 10.3 Å². The van der Waals surface area contributed by atoms with Gasteiger partial charge in [-0.25, -0.2) is 9.78 Å². The number of aromatic carboxylic acids is 1. The molecule has 17 heavy (non-hydrogen) atoms. The first-order chi connectivity index (χ1) is 8.11. The van der Waals surface area contributed by atoms with Gasteiger partial charge in [-0.3, -0.25) is 0 Å². The monoisotopic (exact) mass is 256 g/mol. The van der Waals surface area contributed by atoms with Gasteiger partial charge in [-0.1, -0.05) is 11.3 Å². The minimum Gasteiger partial charge on any atom is -0.477 e. The van der Waals surface area contributed by atoms with Crippen molar-refractivity contribution in [1.29, 1.82) is 0 Å². The molecule has 0 radical (unpaired) electrons. The van der Waals surface area contributed by atoms with Crippen LogP contribution in [-0.2, 0) is 4.74 Å². The van der Waals surface area contributed by atoms with Gasteiger partial charge in [0.15, 0.2) is 5.13 Å². The van der Waals surface area contributed by atoms with E-state index in [0.29, 0.717) is 15.7 Å². The van der Waals surface area contributed by atoms with Crippen molar-refractivity contribution in [3.8, 4) is 0 Å². The zero-order valence-corrected chi connectivity index (χ0v) is 10.7. The fourth-order valence-electron chi connectivity index (χ4n) is 2.19. The smallest absolute Gasteiger partial charge is 0.347 e. The molecule has 1 fully saturated rings. The van der Waals surface area contributed by atoms with Crippen molar-refractivity contribution in [3.05, 3.63) is 10.6 Å². The molecule has 0 aromatic carbocycles. The van der Waals surface area contributed by atoms with Gasteiger partial charge in [-0.05, 0) is 26.2 Å². The highest BCUT2D eigenvalue weighted by Crippen LogP contribution is 2.28. The van der Waals surface area contributed by atoms with Gasteiger partial charge >= 0.3 is 5.97 Å². The van der Waals surface area contributed by atoms with Crippen LogP contribution in [-0.4, -0.2) is 35.3 Å². The summed E-state index contributed by atoms with van der Waals surface area (Å²) in [5, 5.41) is 12.9. The molecule has 6 heteroatoms. The number of nitrogens with one attached hydrogen (secondary N) is 1. The molecule has 1 aliphatic carbocycles. The number of anilines is 1. The average Bonchev–Trinajstić information content (AvgIpc) is 2.85. The maximum atomic E-state index is 10.9. The summed E-state index contributed by atoms with van der Waals surface area (Å²) in [5.74, 6) is -0.914. The van der Waals surface area contributed by atoms with E-state index in [0.717, 1.165) is 19.3 Å². The van der Waals surface area contributed by atoms with E-state index in [1.807, 2.05) is 0 Å². The van der Waals surface area contributed by atoms with Crippen LogP contribution < -0.4 is 5.32 Å². The lowest BCUT2D eigenvalue weighted by Crippen LogP contribution is -2.29. The molecule has 2 unspecified atom stereocenters. The fraction of sp³-hybridized carbons (Fsp3) is 0.636. The van der Waals surface area contributed by atoms with Crippen molar-refractivity contribution >= 4 is 22.4 Å². The molecule has 1 aromatic heterocycles. The highest BCUT2D eigenvalue weighted by molar-refractivity contribution is 7.17. The normalized spacial score (nSPS) is 23.9. The molecule has 1 heterocycles. The number of thiazole rings is 1. The Balaban J connectivity index is 2.08. The molecule has 0 spiro atoms. The number of nitrogens with zero attached hydrogens (tertiary/aromatic N) is 1. The SMILES string of the molecule is COC1CCCC1Nc1nc(C)c(C(=O)O)s1. The molecule has 2 atom stereocenters. The van der Waals surface area contributed by atoms with Gasteiger partial charge in [-0.15, -0.1) is 0 Å². The van der Waals surface area contributed by atoms with E-state index in [4.69, 9.17) is 9.84 Å². The Labute approximate surface area is 104 Å². The average molecular weight is 256 g/mol. The van der Waals surface area contributed by atoms with Crippen molar-refractivity contribution < 1.29 is 14.6 Å². The maximum absolute atomic E-state index is 10.9. The van der Waals surface area contributed by atoms with Crippen LogP contribution in [0.2, 0.25) is 0 Å². The van der Waals surface area contributed by atoms with Gasteiger partial charge in [0.25, 0.3) is 0 Å². The lowest BCUT2D eigenvalue weighted by atomic mass is 10.2. The summed E-state index contributed by atoms with van der Waals surface area (Å²) in [4.78, 5) is 15.5. The first-order valence-electron chi connectivity index (χ1n) is 5.62. The number of carboxylic acid groups (broad SMARTS) is 1. The Kier molecular flexibility index (Phi) is 3.63. The van der Waals surface area contributed by atoms with E-state index in [1.165, 1.54) is 11.3 Å². The largest absolute Gasteiger partial charge is 0.477 e. The molecule has 2 rings (SSSR count). The van der Waals surface area contributed by atoms with Crippen molar-refractivity contribution in [2.45, 2.75) is 38.3 Å². The summed E-state index contributed by atoms with van der Waals surface area (Å²) >= 11 is 1.19. The van der Waals surface area contributed by atoms with Gasteiger partial charge < -0.3 is 15.2 Å². The lowest BCUT2D eigenvalue weighted by molar-refractivity contribution is 0.0701. The number of hydrogen-bond acceptors (Lipinski definition) is 5. The van der Waals surface area contributed by atoms with Crippen LogP contribution in [0.15, 0.2) is 0 Å². The Hall–Kier alpha value is -1.14. The van der Waals surface area contributed by atoms with Crippen LogP contribution in [0.25, 0.3) is 0 Å². The molecule has 5 nitrogen and oxygen atoms in total. The number of carboxylic acids is 1. The van der Waals surface area contributed by atoms with Crippen LogP contribution in [0.4, 0.5) is 5.13 Å². The van der Waals surface area contributed by atoms with Crippen LogP contribution >= 0.6 is 11.3 Å². The first kappa shape index (κ1) is 12.3. The molecule has 1 aliphatic rings. The quantitative estimate of drug-likeness (QED) is 0.863. The number of aryl methyl sites for hydroxylation is 1. The van der Waals surface area contributed by atoms with Gasteiger partial charge in [0, 0.05) is 7.11 Å². The molecule has 0 aliphatic heterocycles. The summed E-state index contributed by atoms with van der Waals surface area (Å²) in [6, 6.07) is 0.243. The summed E-state index contributed by atoms with van der Waals surface area (Å²) in [5.41, 5.74) is 0.567. The minimum absolute atomic E-state index is 0.201. The summed E-state index contributed by atoms with van der Waals surface area (Å²) in [7, 11) is 1.71. The topological polar surface area (TPSA) is 71.5 Å². The second kappa shape index (κ2) is 5.01. The fourth-order valence-corrected chi connectivity index (χ4v) is 3.06. The third-order valence-electron chi connectivity index (χ3n) is 3.06. The molecule has 0 bridgehead atoms. The molecule has 0 amide bonds. The standard InChI is InChI=1S/C11H16N2O3S/c1-6-9(10(14)15)17-11(12-6)13-7-4-3-5-8(7)16-2/h7-8H,3-5H2,1-2H3,(H,12,13)(H,14,15). The Morgan fingerprint density at radius 2 is 2.35 bits per heavy atom. The van der Waals surface area contributed by atoms with Gasteiger partial charge in [0.1, 0.15) is 4.88 Å². The van der Waals surface area contributed by atoms with E-state index in [1.54, 1.807) is 14.0 Å². The van der Waals surface area contributed by atoms with Crippen molar-refractivity contribution in [2.24, 2.45) is 0 Å². The molecule has 94 valence electrons. The van der Waals surface area contributed by atoms with Gasteiger partial charge in [0.2, 0.25) is 0 Å². The highest BCUT2D eigenvalue weighted by atomic mass is 32.1. The number of aromatic nitrogens is 1. The Morgan fingerprint density at radius 1 is 1.59 bits per heavy atom. The number of hydrogen-bond donors (Lipinski definition) is 2. The molecule has 0 saturated heterocycles. The predicted octanol–water partition coefficient (Wildman–Crippen LogP) is 2.13. The molecule has 2 N–H and O–H groups in total. The van der Waals surface area contributed by atoms with Crippen molar-refractivity contribution in [3.63, 3.8) is 0 Å². The molecular weight excluding hydrogens is 240 g/mol. The first-order valence-corrected chi connectivity index (χ1v) is 6.43. The van der Waals surface area contributed by atoms with E-state index in [-0.39, 0.29) is 12.1 Å². The number of carbonyl (C=O) groups is 1. The predicted molar refractivity (Wildman–Crippen MR) is 65.9 cm³/mol. The lowest BCUT2D eigenvalue weighted by Gasteiger charge is -2.18. The second-order valence-corrected chi connectivity index (χ2v) is 5.19. The van der Waals surface area contributed by atoms with Gasteiger partial charge in [-0.2, -0.15) is 0 Å². The third-order valence-corrected chi connectivity index (χ3v) is 4.13. The molecule has 1 aromatic rings. The number of rotatable bonds is 4. The summed E-state index contributed by atoms with van der Waals surface area (Å²) in [6.07, 6.45) is 3.42. The van der Waals surface area contributed by atoms with Crippen LogP contribution in [0.1, 0.15) is 34.6 Å². The number of ether oxygens (including phenoxy) is 1. The zero-order chi connectivity index (χ0) is 12.4. The van der Waals surface area contributed by atoms with E-state index >= 15 is 0 Å². The number of methoxy groups -OCH3 is 1. The third kappa shape index (κ3) is 2.58.